The second-order valence-corrected chi connectivity index (χ2v) is 4.04. The second-order valence-electron chi connectivity index (χ2n) is 3.63. The highest BCUT2D eigenvalue weighted by Gasteiger charge is 2.06. The smallest absolute Gasteiger partial charge is 0.123 e. The highest BCUT2D eigenvalue weighted by molar-refractivity contribution is 6.33. The summed E-state index contributed by atoms with van der Waals surface area (Å²) in [5.74, 6) is 0.223. The Balaban J connectivity index is 0. The Labute approximate surface area is 139 Å². The molecule has 0 bridgehead atoms. The number of nitrogens with zero attached hydrogens (tertiary/aromatic N) is 1. The van der Waals surface area contributed by atoms with E-state index in [1.807, 2.05) is 45.1 Å². The van der Waals surface area contributed by atoms with Crippen molar-refractivity contribution in [1.82, 2.24) is 4.98 Å². The minimum atomic E-state index is 0. The first-order valence-corrected chi connectivity index (χ1v) is 7.20. The molecule has 0 amide bonds. The van der Waals surface area contributed by atoms with Crippen LogP contribution in [0.4, 0.5) is 0 Å². The van der Waals surface area contributed by atoms with Crippen molar-refractivity contribution in [2.45, 2.75) is 28.2 Å². The molecule has 22 heavy (non-hydrogen) atoms. The molecule has 1 aromatic carbocycles. The van der Waals surface area contributed by atoms with Gasteiger partial charge in [-0.15, -0.1) is 0 Å². The third kappa shape index (κ3) is 7.65. The van der Waals surface area contributed by atoms with Gasteiger partial charge in [0.2, 0.25) is 0 Å². The Morgan fingerprint density at radius 2 is 1.77 bits per heavy atom. The molecule has 0 unspecified atom stereocenters. The van der Waals surface area contributed by atoms with E-state index in [0.29, 0.717) is 5.02 Å². The quantitative estimate of drug-likeness (QED) is 0.639. The number of pyridine rings is 1. The number of hydrogen-bond donors (Lipinski definition) is 1. The molecule has 0 aliphatic carbocycles. The van der Waals surface area contributed by atoms with E-state index in [2.05, 4.69) is 11.6 Å². The van der Waals surface area contributed by atoms with Crippen molar-refractivity contribution >= 4 is 11.6 Å². The number of allylic oxidation sites excluding steroid dienone is 3. The van der Waals surface area contributed by atoms with Gasteiger partial charge in [0.05, 0.1) is 5.02 Å². The Kier molecular flexibility index (Phi) is 14.0. The lowest BCUT2D eigenvalue weighted by atomic mass is 10.1. The van der Waals surface area contributed by atoms with Crippen LogP contribution in [0.15, 0.2) is 67.5 Å². The van der Waals surface area contributed by atoms with E-state index in [4.69, 9.17) is 11.6 Å². The number of halogens is 1. The van der Waals surface area contributed by atoms with E-state index < -0.39 is 0 Å². The van der Waals surface area contributed by atoms with Crippen LogP contribution in [0.3, 0.4) is 0 Å². The molecule has 0 fully saturated rings. The summed E-state index contributed by atoms with van der Waals surface area (Å²) >= 11 is 5.96. The van der Waals surface area contributed by atoms with Crippen LogP contribution in [-0.4, -0.2) is 10.1 Å². The zero-order valence-electron chi connectivity index (χ0n) is 12.8. The van der Waals surface area contributed by atoms with E-state index in [-0.39, 0.29) is 13.2 Å². The molecular weight excluding hydrogens is 294 g/mol. The average Bonchev–Trinajstić information content (AvgIpc) is 2.52. The van der Waals surface area contributed by atoms with E-state index in [1.165, 1.54) is 0 Å². The first kappa shape index (κ1) is 22.2. The molecule has 3 heteroatoms. The molecule has 0 aliphatic rings. The van der Waals surface area contributed by atoms with Crippen LogP contribution >= 0.6 is 11.6 Å². The van der Waals surface area contributed by atoms with Crippen molar-refractivity contribution in [1.29, 1.82) is 0 Å². The summed E-state index contributed by atoms with van der Waals surface area (Å²) in [7, 11) is 0. The summed E-state index contributed by atoms with van der Waals surface area (Å²) < 4.78 is 0. The number of phenols is 1. The summed E-state index contributed by atoms with van der Waals surface area (Å²) in [6, 6.07) is 8.85. The summed E-state index contributed by atoms with van der Waals surface area (Å²) in [6.07, 6.45) is 8.78. The molecule has 0 saturated heterocycles. The molecule has 2 rings (SSSR count). The van der Waals surface area contributed by atoms with Crippen LogP contribution in [-0.2, 0) is 0 Å². The van der Waals surface area contributed by atoms with Gasteiger partial charge in [0.15, 0.2) is 0 Å². The van der Waals surface area contributed by atoms with Crippen molar-refractivity contribution < 1.29 is 5.11 Å². The molecule has 0 aliphatic heterocycles. The minimum absolute atomic E-state index is 0. The lowest BCUT2D eigenvalue weighted by molar-refractivity contribution is 0.477. The molecule has 1 heterocycles. The number of phenolic OH excluding ortho intramolecular Hbond substituents is 1. The van der Waals surface area contributed by atoms with Gasteiger partial charge in [-0.1, -0.05) is 75.9 Å². The number of rotatable bonds is 2. The first-order chi connectivity index (χ1) is 10.2. The van der Waals surface area contributed by atoms with Gasteiger partial charge in [-0.3, -0.25) is 4.98 Å². The SMILES string of the molecule is C.C=C/C=C\C.CC.Oc1ccccc1-c1ccncc1Cl. The Bertz CT molecular complexity index is 521. The van der Waals surface area contributed by atoms with Gasteiger partial charge >= 0.3 is 0 Å². The number of para-hydroxylation sites is 1. The number of aromatic hydroxyl groups is 1. The lowest BCUT2D eigenvalue weighted by Gasteiger charge is -2.05. The summed E-state index contributed by atoms with van der Waals surface area (Å²) in [6.45, 7) is 9.42. The fourth-order valence-electron chi connectivity index (χ4n) is 1.43. The van der Waals surface area contributed by atoms with Crippen LogP contribution < -0.4 is 0 Å². The van der Waals surface area contributed by atoms with E-state index in [0.717, 1.165) is 11.1 Å². The molecule has 1 N–H and O–H groups in total. The Hall–Kier alpha value is -2.06. The molecule has 0 atom stereocenters. The maximum Gasteiger partial charge on any atom is 0.123 e. The van der Waals surface area contributed by atoms with E-state index in [1.54, 1.807) is 36.7 Å². The number of hydrogen-bond acceptors (Lipinski definition) is 2. The summed E-state index contributed by atoms with van der Waals surface area (Å²) in [5.41, 5.74) is 1.51. The van der Waals surface area contributed by atoms with Gasteiger partial charge in [-0.05, 0) is 19.1 Å². The molecule has 2 nitrogen and oxygen atoms in total. The van der Waals surface area contributed by atoms with Crippen LogP contribution in [0.5, 0.6) is 5.75 Å². The molecule has 0 spiro atoms. The van der Waals surface area contributed by atoms with Gasteiger partial charge < -0.3 is 5.11 Å². The third-order valence-electron chi connectivity index (χ3n) is 2.30. The average molecular weight is 320 g/mol. The van der Waals surface area contributed by atoms with Crippen molar-refractivity contribution in [3.63, 3.8) is 0 Å². The van der Waals surface area contributed by atoms with Crippen molar-refractivity contribution in [2.75, 3.05) is 0 Å². The topological polar surface area (TPSA) is 33.1 Å². The zero-order valence-corrected chi connectivity index (χ0v) is 13.5. The predicted octanol–water partition coefficient (Wildman–Crippen LogP) is 6.52. The minimum Gasteiger partial charge on any atom is -0.507 e. The number of benzene rings is 1. The summed E-state index contributed by atoms with van der Waals surface area (Å²) in [5, 5.41) is 10.1. The Morgan fingerprint density at radius 3 is 2.23 bits per heavy atom. The van der Waals surface area contributed by atoms with Crippen LogP contribution in [0, 0.1) is 0 Å². The fourth-order valence-corrected chi connectivity index (χ4v) is 1.65. The maximum atomic E-state index is 9.61. The monoisotopic (exact) mass is 319 g/mol. The first-order valence-electron chi connectivity index (χ1n) is 6.82. The third-order valence-corrected chi connectivity index (χ3v) is 2.60. The normalized spacial score (nSPS) is 8.73. The lowest BCUT2D eigenvalue weighted by Crippen LogP contribution is -1.81. The largest absolute Gasteiger partial charge is 0.507 e. The number of aromatic nitrogens is 1. The highest BCUT2D eigenvalue weighted by atomic mass is 35.5. The Morgan fingerprint density at radius 1 is 1.14 bits per heavy atom. The molecular formula is C19H26ClNO. The molecule has 2 aromatic rings. The fraction of sp³-hybridized carbons (Fsp3) is 0.211. The second kappa shape index (κ2) is 13.9. The van der Waals surface area contributed by atoms with Crippen LogP contribution in [0.25, 0.3) is 11.1 Å². The van der Waals surface area contributed by atoms with E-state index in [9.17, 15) is 5.11 Å². The van der Waals surface area contributed by atoms with Gasteiger partial charge in [-0.25, -0.2) is 0 Å². The van der Waals surface area contributed by atoms with E-state index >= 15 is 0 Å². The van der Waals surface area contributed by atoms with Crippen LogP contribution in [0.2, 0.25) is 5.02 Å². The molecule has 1 aromatic heterocycles. The molecule has 0 saturated carbocycles. The van der Waals surface area contributed by atoms with Crippen molar-refractivity contribution in [2.24, 2.45) is 0 Å². The predicted molar refractivity (Wildman–Crippen MR) is 99.4 cm³/mol. The van der Waals surface area contributed by atoms with Crippen molar-refractivity contribution in [3.05, 3.63) is 72.6 Å². The standard InChI is InChI=1S/C11H8ClNO.C5H8.C2H6.CH4/c12-10-7-13-6-5-8(10)9-3-1-2-4-11(9)14;1-3-5-4-2;1-2;/h1-7,14H;3-5H,1H2,2H3;1-2H3;1H4/b;5-4-;;. The van der Waals surface area contributed by atoms with Crippen molar-refractivity contribution in [3.8, 4) is 16.9 Å². The maximum absolute atomic E-state index is 9.61. The van der Waals surface area contributed by atoms with Gasteiger partial charge in [0.1, 0.15) is 5.75 Å². The van der Waals surface area contributed by atoms with Crippen LogP contribution in [0.1, 0.15) is 28.2 Å². The van der Waals surface area contributed by atoms with Gasteiger partial charge in [0, 0.05) is 23.5 Å². The zero-order chi connectivity index (χ0) is 16.1. The van der Waals surface area contributed by atoms with Gasteiger partial charge in [0.25, 0.3) is 0 Å². The molecule has 0 radical (unpaired) electrons. The summed E-state index contributed by atoms with van der Waals surface area (Å²) in [4.78, 5) is 3.89. The van der Waals surface area contributed by atoms with Gasteiger partial charge in [-0.2, -0.15) is 0 Å². The highest BCUT2D eigenvalue weighted by Crippen LogP contribution is 2.32. The molecule has 120 valence electrons.